The first kappa shape index (κ1) is 20.3. The van der Waals surface area contributed by atoms with Gasteiger partial charge < -0.3 is 9.84 Å². The molecule has 0 aliphatic carbocycles. The van der Waals surface area contributed by atoms with Crippen LogP contribution in [0, 0.1) is 0 Å². The van der Waals surface area contributed by atoms with E-state index in [4.69, 9.17) is 21.4 Å². The Morgan fingerprint density at radius 1 is 1.00 bits per heavy atom. The van der Waals surface area contributed by atoms with Gasteiger partial charge in [0.2, 0.25) is 0 Å². The predicted molar refractivity (Wildman–Crippen MR) is 113 cm³/mol. The minimum Gasteiger partial charge on any atom is -0.497 e. The molecule has 0 aliphatic heterocycles. The standard InChI is InChI=1S/C22H20ClNO3S/c1-27-19-10-6-16(7-11-19)14-24(15-18-4-2-3-5-21(18)23)28-20-12-8-17(9-13-20)22(25)26/h2-13H,14-15H2,1H3,(H,25,26). The molecule has 0 aromatic heterocycles. The van der Waals surface area contributed by atoms with Crippen molar-refractivity contribution < 1.29 is 14.6 Å². The topological polar surface area (TPSA) is 49.8 Å². The molecule has 1 N–H and O–H groups in total. The zero-order valence-electron chi connectivity index (χ0n) is 15.3. The smallest absolute Gasteiger partial charge is 0.335 e. The number of benzene rings is 3. The van der Waals surface area contributed by atoms with Crippen LogP contribution in [0.5, 0.6) is 5.75 Å². The van der Waals surface area contributed by atoms with Crippen LogP contribution in [0.3, 0.4) is 0 Å². The van der Waals surface area contributed by atoms with Crippen LogP contribution in [0.4, 0.5) is 0 Å². The van der Waals surface area contributed by atoms with E-state index in [0.29, 0.717) is 13.1 Å². The summed E-state index contributed by atoms with van der Waals surface area (Å²) in [4.78, 5) is 12.0. The third kappa shape index (κ3) is 5.52. The van der Waals surface area contributed by atoms with Crippen LogP contribution >= 0.6 is 23.5 Å². The van der Waals surface area contributed by atoms with Crippen LogP contribution in [-0.2, 0) is 13.1 Å². The number of ether oxygens (including phenoxy) is 1. The van der Waals surface area contributed by atoms with Gasteiger partial charge in [0.1, 0.15) is 5.75 Å². The van der Waals surface area contributed by atoms with Crippen molar-refractivity contribution in [2.75, 3.05) is 7.11 Å². The highest BCUT2D eigenvalue weighted by atomic mass is 35.5. The maximum absolute atomic E-state index is 11.1. The third-order valence-electron chi connectivity index (χ3n) is 4.16. The molecule has 0 atom stereocenters. The van der Waals surface area contributed by atoms with Gasteiger partial charge in [0.05, 0.1) is 12.7 Å². The number of halogens is 1. The van der Waals surface area contributed by atoms with Crippen molar-refractivity contribution in [3.63, 3.8) is 0 Å². The fourth-order valence-corrected chi connectivity index (χ4v) is 3.85. The molecular weight excluding hydrogens is 394 g/mol. The Morgan fingerprint density at radius 3 is 2.29 bits per heavy atom. The Labute approximate surface area is 173 Å². The van der Waals surface area contributed by atoms with Gasteiger partial charge in [-0.05, 0) is 65.5 Å². The molecule has 0 heterocycles. The zero-order chi connectivity index (χ0) is 19.9. The van der Waals surface area contributed by atoms with Gasteiger partial charge in [0.15, 0.2) is 0 Å². The molecular formula is C22H20ClNO3S. The third-order valence-corrected chi connectivity index (χ3v) is 5.53. The van der Waals surface area contributed by atoms with Crippen molar-refractivity contribution in [3.8, 4) is 5.75 Å². The number of carboxylic acids is 1. The number of hydrogen-bond donors (Lipinski definition) is 1. The summed E-state index contributed by atoms with van der Waals surface area (Å²) in [5.41, 5.74) is 2.45. The van der Waals surface area contributed by atoms with E-state index in [1.807, 2.05) is 60.7 Å². The lowest BCUT2D eigenvalue weighted by Gasteiger charge is -2.22. The maximum atomic E-state index is 11.1. The number of carboxylic acid groups (broad SMARTS) is 1. The molecule has 6 heteroatoms. The molecule has 0 radical (unpaired) electrons. The molecule has 0 saturated carbocycles. The summed E-state index contributed by atoms with van der Waals surface area (Å²) in [7, 11) is 1.65. The highest BCUT2D eigenvalue weighted by Gasteiger charge is 2.12. The fourth-order valence-electron chi connectivity index (χ4n) is 2.68. The Hall–Kier alpha value is -2.47. The summed E-state index contributed by atoms with van der Waals surface area (Å²) in [5.74, 6) is -0.110. The number of rotatable bonds is 8. The minimum atomic E-state index is -0.928. The number of aromatic carboxylic acids is 1. The van der Waals surface area contributed by atoms with E-state index in [0.717, 1.165) is 26.8 Å². The van der Waals surface area contributed by atoms with Crippen molar-refractivity contribution in [1.82, 2.24) is 4.31 Å². The average molecular weight is 414 g/mol. The first-order valence-corrected chi connectivity index (χ1v) is 9.83. The van der Waals surface area contributed by atoms with Crippen LogP contribution in [0.1, 0.15) is 21.5 Å². The SMILES string of the molecule is COc1ccc(CN(Cc2ccccc2Cl)Sc2ccc(C(=O)O)cc2)cc1. The number of carbonyl (C=O) groups is 1. The molecule has 0 fully saturated rings. The van der Waals surface area contributed by atoms with E-state index < -0.39 is 5.97 Å². The van der Waals surface area contributed by atoms with Gasteiger partial charge in [-0.25, -0.2) is 9.10 Å². The summed E-state index contributed by atoms with van der Waals surface area (Å²) in [5, 5.41) is 9.80. The van der Waals surface area contributed by atoms with Crippen LogP contribution in [-0.4, -0.2) is 22.5 Å². The second kappa shape index (κ2) is 9.64. The van der Waals surface area contributed by atoms with E-state index in [2.05, 4.69) is 4.31 Å². The minimum absolute atomic E-state index is 0.275. The Balaban J connectivity index is 1.80. The first-order valence-electron chi connectivity index (χ1n) is 8.68. The molecule has 3 rings (SSSR count). The Bertz CT molecular complexity index is 929. The summed E-state index contributed by atoms with van der Waals surface area (Å²) < 4.78 is 7.42. The quantitative estimate of drug-likeness (QED) is 0.476. The lowest BCUT2D eigenvalue weighted by Crippen LogP contribution is -2.15. The predicted octanol–water partition coefficient (Wildman–Crippen LogP) is 5.76. The van der Waals surface area contributed by atoms with Gasteiger partial charge in [-0.2, -0.15) is 0 Å². The highest BCUT2D eigenvalue weighted by Crippen LogP contribution is 2.29. The zero-order valence-corrected chi connectivity index (χ0v) is 16.9. The molecule has 3 aromatic carbocycles. The van der Waals surface area contributed by atoms with E-state index in [9.17, 15) is 4.79 Å². The van der Waals surface area contributed by atoms with E-state index in [1.54, 1.807) is 31.2 Å². The lowest BCUT2D eigenvalue weighted by atomic mass is 10.2. The van der Waals surface area contributed by atoms with Crippen molar-refractivity contribution in [1.29, 1.82) is 0 Å². The summed E-state index contributed by atoms with van der Waals surface area (Å²) >= 11 is 7.92. The number of nitrogens with zero attached hydrogens (tertiary/aromatic N) is 1. The molecule has 0 spiro atoms. The second-order valence-electron chi connectivity index (χ2n) is 6.16. The fraction of sp³-hybridized carbons (Fsp3) is 0.136. The largest absolute Gasteiger partial charge is 0.497 e. The summed E-state index contributed by atoms with van der Waals surface area (Å²) in [6, 6.07) is 22.6. The average Bonchev–Trinajstić information content (AvgIpc) is 2.70. The number of methoxy groups -OCH3 is 1. The van der Waals surface area contributed by atoms with Crippen LogP contribution < -0.4 is 4.74 Å². The van der Waals surface area contributed by atoms with Crippen molar-refractivity contribution >= 4 is 29.5 Å². The van der Waals surface area contributed by atoms with Crippen LogP contribution in [0.15, 0.2) is 77.7 Å². The molecule has 3 aromatic rings. The molecule has 0 saturated heterocycles. The van der Waals surface area contributed by atoms with Crippen molar-refractivity contribution in [2.24, 2.45) is 0 Å². The van der Waals surface area contributed by atoms with Crippen LogP contribution in [0.25, 0.3) is 0 Å². The monoisotopic (exact) mass is 413 g/mol. The first-order chi connectivity index (χ1) is 13.5. The Morgan fingerprint density at radius 2 is 1.68 bits per heavy atom. The van der Waals surface area contributed by atoms with Gasteiger partial charge >= 0.3 is 5.97 Å². The second-order valence-corrected chi connectivity index (χ2v) is 7.74. The lowest BCUT2D eigenvalue weighted by molar-refractivity contribution is 0.0697. The molecule has 0 bridgehead atoms. The highest BCUT2D eigenvalue weighted by molar-refractivity contribution is 7.97. The van der Waals surface area contributed by atoms with E-state index in [-0.39, 0.29) is 5.56 Å². The van der Waals surface area contributed by atoms with Crippen LogP contribution in [0.2, 0.25) is 5.02 Å². The van der Waals surface area contributed by atoms with E-state index >= 15 is 0 Å². The van der Waals surface area contributed by atoms with Gasteiger partial charge in [-0.1, -0.05) is 41.9 Å². The van der Waals surface area contributed by atoms with E-state index in [1.165, 1.54) is 0 Å². The molecule has 4 nitrogen and oxygen atoms in total. The van der Waals surface area contributed by atoms with Gasteiger partial charge in [0, 0.05) is 23.0 Å². The summed E-state index contributed by atoms with van der Waals surface area (Å²) in [6.45, 7) is 1.34. The number of hydrogen-bond acceptors (Lipinski definition) is 4. The normalized spacial score (nSPS) is 10.8. The van der Waals surface area contributed by atoms with Gasteiger partial charge in [0.25, 0.3) is 0 Å². The molecule has 0 aliphatic rings. The van der Waals surface area contributed by atoms with Gasteiger partial charge in [-0.15, -0.1) is 0 Å². The van der Waals surface area contributed by atoms with Crippen molar-refractivity contribution in [3.05, 3.63) is 94.5 Å². The van der Waals surface area contributed by atoms with Gasteiger partial charge in [-0.3, -0.25) is 0 Å². The molecule has 0 unspecified atom stereocenters. The van der Waals surface area contributed by atoms with Crippen molar-refractivity contribution in [2.45, 2.75) is 18.0 Å². The molecule has 144 valence electrons. The summed E-state index contributed by atoms with van der Waals surface area (Å²) in [6.07, 6.45) is 0. The maximum Gasteiger partial charge on any atom is 0.335 e. The molecule has 0 amide bonds. The Kier molecular flexibility index (Phi) is 6.98. The molecule has 28 heavy (non-hydrogen) atoms.